The normalized spacial score (nSPS) is 17.3. The Bertz CT molecular complexity index is 1490. The maximum atomic E-state index is 13.0. The number of sulfonamides is 1. The van der Waals surface area contributed by atoms with Crippen LogP contribution in [0, 0.1) is 12.3 Å². The standard InChI is InChI=1S/C25H25N3O5S2/c1-4-14-27-21-13-10-19(24(30)33-3)16-22(21)34-25(27)26-23(29)18-8-11-20(12-9-18)35(31,32)28-15-6-5-7-17(28)2/h1,8-13,16-17H,5-7,14-15H2,2-3H3. The number of ether oxygens (including phenoxy) is 1. The van der Waals surface area contributed by atoms with Gasteiger partial charge in [0.1, 0.15) is 0 Å². The minimum Gasteiger partial charge on any atom is -0.465 e. The Labute approximate surface area is 207 Å². The molecule has 1 aromatic heterocycles. The van der Waals surface area contributed by atoms with Gasteiger partial charge in [0.25, 0.3) is 5.91 Å². The molecule has 1 aliphatic rings. The van der Waals surface area contributed by atoms with E-state index < -0.39 is 21.9 Å². The van der Waals surface area contributed by atoms with E-state index in [1.54, 1.807) is 22.8 Å². The zero-order valence-corrected chi connectivity index (χ0v) is 21.1. The minimum absolute atomic E-state index is 0.0516. The topological polar surface area (TPSA) is 98.0 Å². The van der Waals surface area contributed by atoms with Crippen molar-refractivity contribution in [2.75, 3.05) is 13.7 Å². The first-order valence-electron chi connectivity index (χ1n) is 11.1. The van der Waals surface area contributed by atoms with Crippen LogP contribution in [0.4, 0.5) is 0 Å². The number of terminal acetylenes is 1. The lowest BCUT2D eigenvalue weighted by atomic mass is 10.1. The van der Waals surface area contributed by atoms with Crippen LogP contribution in [0.25, 0.3) is 10.2 Å². The summed E-state index contributed by atoms with van der Waals surface area (Å²) in [6.45, 7) is 2.60. The predicted molar refractivity (Wildman–Crippen MR) is 134 cm³/mol. The molecular weight excluding hydrogens is 486 g/mol. The van der Waals surface area contributed by atoms with Crippen molar-refractivity contribution < 1.29 is 22.7 Å². The van der Waals surface area contributed by atoms with Crippen LogP contribution in [0.3, 0.4) is 0 Å². The molecule has 2 aromatic carbocycles. The van der Waals surface area contributed by atoms with Crippen molar-refractivity contribution in [2.45, 2.75) is 43.7 Å². The first kappa shape index (κ1) is 24.9. The summed E-state index contributed by atoms with van der Waals surface area (Å²) in [5.41, 5.74) is 1.38. The summed E-state index contributed by atoms with van der Waals surface area (Å²) in [7, 11) is -2.32. The molecule has 1 amide bonds. The summed E-state index contributed by atoms with van der Waals surface area (Å²) < 4.78 is 34.8. The van der Waals surface area contributed by atoms with Crippen LogP contribution in [-0.4, -0.2) is 48.9 Å². The number of methoxy groups -OCH3 is 1. The molecule has 0 aliphatic carbocycles. The van der Waals surface area contributed by atoms with E-state index in [1.807, 2.05) is 6.92 Å². The number of rotatable bonds is 5. The number of amides is 1. The van der Waals surface area contributed by atoms with Gasteiger partial charge in [-0.15, -0.1) is 6.42 Å². The van der Waals surface area contributed by atoms with Crippen molar-refractivity contribution in [1.29, 1.82) is 0 Å². The number of aromatic nitrogens is 1. The van der Waals surface area contributed by atoms with Gasteiger partial charge in [-0.05, 0) is 62.2 Å². The van der Waals surface area contributed by atoms with Crippen molar-refractivity contribution in [3.63, 3.8) is 0 Å². The number of carbonyl (C=O) groups excluding carboxylic acids is 2. The highest BCUT2D eigenvalue weighted by atomic mass is 32.2. The van der Waals surface area contributed by atoms with Gasteiger partial charge < -0.3 is 9.30 Å². The van der Waals surface area contributed by atoms with Gasteiger partial charge in [-0.2, -0.15) is 9.30 Å². The molecule has 4 rings (SSSR count). The van der Waals surface area contributed by atoms with Crippen molar-refractivity contribution in [2.24, 2.45) is 4.99 Å². The SMILES string of the molecule is C#CCn1c(=NC(=O)c2ccc(S(=O)(=O)N3CCCCC3C)cc2)sc2cc(C(=O)OC)ccc21. The van der Waals surface area contributed by atoms with Crippen LogP contribution < -0.4 is 4.80 Å². The summed E-state index contributed by atoms with van der Waals surface area (Å²) in [6.07, 6.45) is 8.22. The van der Waals surface area contributed by atoms with Crippen LogP contribution in [0.2, 0.25) is 0 Å². The first-order valence-corrected chi connectivity index (χ1v) is 13.4. The average molecular weight is 512 g/mol. The molecule has 0 bridgehead atoms. The zero-order chi connectivity index (χ0) is 25.2. The third kappa shape index (κ3) is 4.93. The van der Waals surface area contributed by atoms with E-state index in [4.69, 9.17) is 11.2 Å². The quantitative estimate of drug-likeness (QED) is 0.386. The molecule has 2 heterocycles. The number of fused-ring (bicyclic) bond motifs is 1. The molecule has 8 nitrogen and oxygen atoms in total. The maximum Gasteiger partial charge on any atom is 0.337 e. The second-order valence-electron chi connectivity index (χ2n) is 8.25. The number of nitrogens with zero attached hydrogens (tertiary/aromatic N) is 3. The summed E-state index contributed by atoms with van der Waals surface area (Å²) in [5, 5.41) is 0. The minimum atomic E-state index is -3.63. The van der Waals surface area contributed by atoms with Crippen LogP contribution in [-0.2, 0) is 21.3 Å². The van der Waals surface area contributed by atoms with Gasteiger partial charge in [-0.1, -0.05) is 23.7 Å². The predicted octanol–water partition coefficient (Wildman–Crippen LogP) is 3.43. The van der Waals surface area contributed by atoms with Gasteiger partial charge in [0, 0.05) is 18.2 Å². The summed E-state index contributed by atoms with van der Waals surface area (Å²) >= 11 is 1.22. The van der Waals surface area contributed by atoms with Crippen molar-refractivity contribution >= 4 is 43.5 Å². The molecule has 1 fully saturated rings. The van der Waals surface area contributed by atoms with Crippen LogP contribution in [0.5, 0.6) is 0 Å². The number of hydrogen-bond acceptors (Lipinski definition) is 6. The second kappa shape index (κ2) is 10.2. The number of piperidine rings is 1. The van der Waals surface area contributed by atoms with Crippen LogP contribution in [0.15, 0.2) is 52.4 Å². The largest absolute Gasteiger partial charge is 0.465 e. The van der Waals surface area contributed by atoms with Crippen molar-refractivity contribution in [1.82, 2.24) is 8.87 Å². The number of esters is 1. The summed E-state index contributed by atoms with van der Waals surface area (Å²) in [5.74, 6) is 1.57. The molecule has 1 aliphatic heterocycles. The number of thiazole rings is 1. The van der Waals surface area contributed by atoms with E-state index in [-0.39, 0.29) is 23.0 Å². The monoisotopic (exact) mass is 511 g/mol. The lowest BCUT2D eigenvalue weighted by Gasteiger charge is -2.32. The fourth-order valence-electron chi connectivity index (χ4n) is 4.13. The lowest BCUT2D eigenvalue weighted by molar-refractivity contribution is 0.0600. The molecule has 3 aromatic rings. The van der Waals surface area contributed by atoms with Crippen molar-refractivity contribution in [3.05, 3.63) is 58.4 Å². The highest BCUT2D eigenvalue weighted by molar-refractivity contribution is 7.89. The van der Waals surface area contributed by atoms with Gasteiger partial charge in [-0.25, -0.2) is 13.2 Å². The number of carbonyl (C=O) groups is 2. The molecule has 10 heteroatoms. The highest BCUT2D eigenvalue weighted by Gasteiger charge is 2.30. The summed E-state index contributed by atoms with van der Waals surface area (Å²) in [4.78, 5) is 29.6. The van der Waals surface area contributed by atoms with E-state index in [0.717, 1.165) is 29.5 Å². The average Bonchev–Trinajstić information content (AvgIpc) is 3.20. The molecule has 0 spiro atoms. The van der Waals surface area contributed by atoms with Gasteiger partial charge in [0.2, 0.25) is 10.0 Å². The van der Waals surface area contributed by atoms with Crippen molar-refractivity contribution in [3.8, 4) is 12.3 Å². The molecule has 182 valence electrons. The first-order chi connectivity index (χ1) is 16.8. The van der Waals surface area contributed by atoms with Gasteiger partial charge in [-0.3, -0.25) is 4.79 Å². The molecule has 1 saturated heterocycles. The van der Waals surface area contributed by atoms with Gasteiger partial charge in [0.15, 0.2) is 4.80 Å². The lowest BCUT2D eigenvalue weighted by Crippen LogP contribution is -2.41. The number of benzene rings is 2. The molecule has 1 atom stereocenters. The van der Waals surface area contributed by atoms with E-state index >= 15 is 0 Å². The third-order valence-corrected chi connectivity index (χ3v) is 9.07. The Morgan fingerprint density at radius 3 is 2.54 bits per heavy atom. The van der Waals surface area contributed by atoms with E-state index in [0.29, 0.717) is 16.9 Å². The molecule has 0 N–H and O–H groups in total. The Balaban J connectivity index is 1.67. The second-order valence-corrected chi connectivity index (χ2v) is 11.2. The Kier molecular flexibility index (Phi) is 7.21. The Hall–Kier alpha value is -3.26. The van der Waals surface area contributed by atoms with Gasteiger partial charge in [0.05, 0.1) is 34.3 Å². The fraction of sp³-hybridized carbons (Fsp3) is 0.320. The summed E-state index contributed by atoms with van der Waals surface area (Å²) in [6, 6.07) is 10.8. The molecule has 0 radical (unpaired) electrons. The zero-order valence-electron chi connectivity index (χ0n) is 19.4. The third-order valence-electron chi connectivity index (χ3n) is 6.00. The molecule has 1 unspecified atom stereocenters. The van der Waals surface area contributed by atoms with Gasteiger partial charge >= 0.3 is 5.97 Å². The molecule has 35 heavy (non-hydrogen) atoms. The maximum absolute atomic E-state index is 13.0. The number of hydrogen-bond donors (Lipinski definition) is 0. The molecule has 0 saturated carbocycles. The van der Waals surface area contributed by atoms with E-state index in [2.05, 4.69) is 10.9 Å². The Morgan fingerprint density at radius 1 is 1.17 bits per heavy atom. The molecular formula is C25H25N3O5S2. The van der Waals surface area contributed by atoms with Crippen LogP contribution in [0.1, 0.15) is 46.9 Å². The Morgan fingerprint density at radius 2 is 1.89 bits per heavy atom. The fourth-order valence-corrected chi connectivity index (χ4v) is 6.90. The van der Waals surface area contributed by atoms with E-state index in [1.165, 1.54) is 47.0 Å². The van der Waals surface area contributed by atoms with E-state index in [9.17, 15) is 18.0 Å². The smallest absolute Gasteiger partial charge is 0.337 e. The van der Waals surface area contributed by atoms with Crippen LogP contribution >= 0.6 is 11.3 Å². The highest BCUT2D eigenvalue weighted by Crippen LogP contribution is 2.25.